The minimum Gasteiger partial charge on any atom is -0.480 e. The van der Waals surface area contributed by atoms with Crippen molar-refractivity contribution in [1.29, 1.82) is 0 Å². The number of thiocarbonyl (C=S) groups is 1. The molecule has 1 heterocycles. The Kier molecular flexibility index (Phi) is 4.04. The van der Waals surface area contributed by atoms with Crippen LogP contribution in [0.25, 0.3) is 0 Å². The highest BCUT2D eigenvalue weighted by Gasteiger charge is 2.05. The maximum atomic E-state index is 10.5. The van der Waals surface area contributed by atoms with Gasteiger partial charge in [0, 0.05) is 5.69 Å². The summed E-state index contributed by atoms with van der Waals surface area (Å²) in [5.41, 5.74) is 0.845. The molecule has 0 aliphatic heterocycles. The summed E-state index contributed by atoms with van der Waals surface area (Å²) in [6.45, 7) is -0.243. The summed E-state index contributed by atoms with van der Waals surface area (Å²) in [6, 6.07) is 9.41. The first-order valence-corrected chi connectivity index (χ1v) is 5.79. The second-order valence-electron chi connectivity index (χ2n) is 3.64. The predicted octanol–water partition coefficient (Wildman–Crippen LogP) is 1.17. The average molecular weight is 277 g/mol. The van der Waals surface area contributed by atoms with Crippen LogP contribution < -0.4 is 10.6 Å². The monoisotopic (exact) mass is 277 g/mol. The van der Waals surface area contributed by atoms with E-state index in [1.807, 2.05) is 30.3 Å². The zero-order valence-corrected chi connectivity index (χ0v) is 10.6. The van der Waals surface area contributed by atoms with Gasteiger partial charge in [-0.2, -0.15) is 0 Å². The number of rotatable bonds is 4. The number of para-hydroxylation sites is 1. The van der Waals surface area contributed by atoms with Crippen molar-refractivity contribution >= 4 is 34.8 Å². The van der Waals surface area contributed by atoms with Crippen molar-refractivity contribution in [1.82, 2.24) is 15.0 Å². The van der Waals surface area contributed by atoms with Gasteiger partial charge in [0.15, 0.2) is 10.9 Å². The van der Waals surface area contributed by atoms with Crippen molar-refractivity contribution in [2.45, 2.75) is 6.54 Å². The Labute approximate surface area is 114 Å². The predicted molar refractivity (Wildman–Crippen MR) is 73.9 cm³/mol. The van der Waals surface area contributed by atoms with Gasteiger partial charge in [0.2, 0.25) is 0 Å². The lowest BCUT2D eigenvalue weighted by Gasteiger charge is -2.07. The molecule has 0 radical (unpaired) electrons. The Balaban J connectivity index is 1.92. The minimum absolute atomic E-state index is 0.243. The number of nitrogens with zero attached hydrogens (tertiary/aromatic N) is 3. The van der Waals surface area contributed by atoms with E-state index in [2.05, 4.69) is 20.9 Å². The number of nitrogens with one attached hydrogen (secondary N) is 2. The maximum Gasteiger partial charge on any atom is 0.325 e. The normalized spacial score (nSPS) is 9.89. The molecule has 0 atom stereocenters. The first-order valence-electron chi connectivity index (χ1n) is 5.38. The van der Waals surface area contributed by atoms with Crippen LogP contribution in [0.4, 0.5) is 11.5 Å². The van der Waals surface area contributed by atoms with Gasteiger partial charge in [-0.15, -0.1) is 5.10 Å². The summed E-state index contributed by atoms with van der Waals surface area (Å²) in [5, 5.41) is 22.2. The van der Waals surface area contributed by atoms with E-state index in [0.717, 1.165) is 5.69 Å². The summed E-state index contributed by atoms with van der Waals surface area (Å²) in [6.07, 6.45) is 1.47. The number of aliphatic carboxylic acids is 1. The van der Waals surface area contributed by atoms with Crippen LogP contribution >= 0.6 is 12.2 Å². The second kappa shape index (κ2) is 5.91. The lowest BCUT2D eigenvalue weighted by molar-refractivity contribution is -0.137. The topological polar surface area (TPSA) is 92.1 Å². The summed E-state index contributed by atoms with van der Waals surface area (Å²) in [5.74, 6) is -0.601. The number of hydrogen-bond donors (Lipinski definition) is 3. The highest BCUT2D eigenvalue weighted by molar-refractivity contribution is 7.80. The third-order valence-corrected chi connectivity index (χ3v) is 2.31. The van der Waals surface area contributed by atoms with E-state index in [-0.39, 0.29) is 6.54 Å². The fourth-order valence-electron chi connectivity index (χ4n) is 1.37. The van der Waals surface area contributed by atoms with Crippen LogP contribution in [-0.2, 0) is 11.3 Å². The van der Waals surface area contributed by atoms with Gasteiger partial charge >= 0.3 is 5.97 Å². The summed E-state index contributed by atoms with van der Waals surface area (Å²) < 4.78 is 1.20. The van der Waals surface area contributed by atoms with E-state index in [1.54, 1.807) is 0 Å². The molecule has 0 spiro atoms. The van der Waals surface area contributed by atoms with Crippen molar-refractivity contribution in [3.63, 3.8) is 0 Å². The Morgan fingerprint density at radius 3 is 2.74 bits per heavy atom. The average Bonchev–Trinajstić information content (AvgIpc) is 2.76. The van der Waals surface area contributed by atoms with E-state index in [4.69, 9.17) is 17.3 Å². The van der Waals surface area contributed by atoms with Gasteiger partial charge in [-0.1, -0.05) is 23.4 Å². The lowest BCUT2D eigenvalue weighted by Crippen LogP contribution is -2.19. The number of benzene rings is 1. The zero-order chi connectivity index (χ0) is 13.7. The van der Waals surface area contributed by atoms with E-state index in [9.17, 15) is 4.79 Å². The van der Waals surface area contributed by atoms with E-state index in [1.165, 1.54) is 10.9 Å². The van der Waals surface area contributed by atoms with Crippen LogP contribution in [0.1, 0.15) is 0 Å². The van der Waals surface area contributed by atoms with Crippen molar-refractivity contribution < 1.29 is 9.90 Å². The van der Waals surface area contributed by atoms with Crippen molar-refractivity contribution in [3.05, 3.63) is 36.5 Å². The molecule has 1 aromatic carbocycles. The third-order valence-electron chi connectivity index (χ3n) is 2.11. The Hall–Kier alpha value is -2.48. The first kappa shape index (κ1) is 13.0. The maximum absolute atomic E-state index is 10.5. The van der Waals surface area contributed by atoms with Crippen molar-refractivity contribution in [3.8, 4) is 0 Å². The van der Waals surface area contributed by atoms with Crippen LogP contribution in [0.15, 0.2) is 36.5 Å². The molecule has 0 aliphatic carbocycles. The van der Waals surface area contributed by atoms with Gasteiger partial charge in [0.05, 0.1) is 6.20 Å². The highest BCUT2D eigenvalue weighted by atomic mass is 32.1. The van der Waals surface area contributed by atoms with Crippen LogP contribution in [0.3, 0.4) is 0 Å². The van der Waals surface area contributed by atoms with Gasteiger partial charge in [-0.25, -0.2) is 4.68 Å². The number of aromatic nitrogens is 3. The number of carboxylic acids is 1. The summed E-state index contributed by atoms with van der Waals surface area (Å²) in [4.78, 5) is 10.5. The van der Waals surface area contributed by atoms with Crippen molar-refractivity contribution in [2.75, 3.05) is 10.6 Å². The molecule has 0 saturated carbocycles. The lowest BCUT2D eigenvalue weighted by atomic mass is 10.3. The molecule has 1 aromatic heterocycles. The molecule has 7 nitrogen and oxygen atoms in total. The summed E-state index contributed by atoms with van der Waals surface area (Å²) in [7, 11) is 0. The Morgan fingerprint density at radius 1 is 1.32 bits per heavy atom. The number of hydrogen-bond acceptors (Lipinski definition) is 4. The van der Waals surface area contributed by atoms with E-state index < -0.39 is 5.97 Å². The molecule has 8 heteroatoms. The van der Waals surface area contributed by atoms with Gasteiger partial charge in [-0.05, 0) is 24.4 Å². The number of carbonyl (C=O) groups is 1. The van der Waals surface area contributed by atoms with Crippen LogP contribution in [0.5, 0.6) is 0 Å². The fourth-order valence-corrected chi connectivity index (χ4v) is 1.59. The largest absolute Gasteiger partial charge is 0.480 e. The molecular formula is C11H11N5O2S. The molecule has 2 rings (SSSR count). The quantitative estimate of drug-likeness (QED) is 0.722. The fraction of sp³-hybridized carbons (Fsp3) is 0.0909. The molecule has 0 amide bonds. The zero-order valence-electron chi connectivity index (χ0n) is 9.78. The molecule has 0 saturated heterocycles. The van der Waals surface area contributed by atoms with Gasteiger partial charge in [-0.3, -0.25) is 4.79 Å². The van der Waals surface area contributed by atoms with Crippen LogP contribution in [0.2, 0.25) is 0 Å². The molecule has 0 fully saturated rings. The molecule has 0 aliphatic rings. The van der Waals surface area contributed by atoms with Gasteiger partial charge in [0.1, 0.15) is 6.54 Å². The SMILES string of the molecule is O=C(O)Cn1cc(NC(=S)Nc2ccccc2)nn1. The molecule has 19 heavy (non-hydrogen) atoms. The number of carboxylic acid groups (broad SMARTS) is 1. The van der Waals surface area contributed by atoms with Gasteiger partial charge < -0.3 is 15.7 Å². The molecular weight excluding hydrogens is 266 g/mol. The third kappa shape index (κ3) is 4.03. The van der Waals surface area contributed by atoms with Gasteiger partial charge in [0.25, 0.3) is 0 Å². The molecule has 0 bridgehead atoms. The molecule has 98 valence electrons. The Bertz CT molecular complexity index is 584. The van der Waals surface area contributed by atoms with E-state index in [0.29, 0.717) is 10.9 Å². The Morgan fingerprint density at radius 2 is 2.05 bits per heavy atom. The highest BCUT2D eigenvalue weighted by Crippen LogP contribution is 2.06. The van der Waals surface area contributed by atoms with Crippen molar-refractivity contribution in [2.24, 2.45) is 0 Å². The molecule has 0 unspecified atom stereocenters. The minimum atomic E-state index is -0.985. The standard InChI is InChI=1S/C11H11N5O2S/c17-10(18)7-16-6-9(14-15-16)13-11(19)12-8-4-2-1-3-5-8/h1-6H,7H2,(H,17,18)(H2,12,13,19). The molecule has 3 N–H and O–H groups in total. The molecule has 2 aromatic rings. The van der Waals surface area contributed by atoms with Crippen LogP contribution in [-0.4, -0.2) is 31.2 Å². The first-order chi connectivity index (χ1) is 9.13. The second-order valence-corrected chi connectivity index (χ2v) is 4.05. The summed E-state index contributed by atoms with van der Waals surface area (Å²) >= 11 is 5.10. The van der Waals surface area contributed by atoms with Crippen LogP contribution in [0, 0.1) is 0 Å². The number of anilines is 2. The van der Waals surface area contributed by atoms with E-state index >= 15 is 0 Å². The smallest absolute Gasteiger partial charge is 0.325 e.